The Labute approximate surface area is 115 Å². The van der Waals surface area contributed by atoms with Gasteiger partial charge in [-0.05, 0) is 59.7 Å². The molecule has 0 N–H and O–H groups in total. The fourth-order valence-corrected chi connectivity index (χ4v) is 2.40. The molecule has 0 aromatic heterocycles. The highest BCUT2D eigenvalue weighted by molar-refractivity contribution is 5.68. The van der Waals surface area contributed by atoms with Crippen molar-refractivity contribution in [3.63, 3.8) is 0 Å². The molecule has 0 amide bonds. The summed E-state index contributed by atoms with van der Waals surface area (Å²) in [7, 11) is 0. The molecule has 0 spiro atoms. The highest BCUT2D eigenvalue weighted by Crippen LogP contribution is 2.27. The van der Waals surface area contributed by atoms with Crippen LogP contribution in [0, 0.1) is 12.7 Å². The molecule has 2 rings (SSSR count). The SMILES string of the molecule is CCCc1cc(-c2cc(CC)ccc2C)ccc1F. The van der Waals surface area contributed by atoms with Crippen molar-refractivity contribution in [2.75, 3.05) is 0 Å². The van der Waals surface area contributed by atoms with Crippen molar-refractivity contribution in [3.05, 3.63) is 58.9 Å². The summed E-state index contributed by atoms with van der Waals surface area (Å²) in [5.74, 6) is -0.0881. The summed E-state index contributed by atoms with van der Waals surface area (Å²) in [6.45, 7) is 6.34. The predicted octanol–water partition coefficient (Wildman–Crippen LogP) is 5.32. The first-order valence-electron chi connectivity index (χ1n) is 7.04. The van der Waals surface area contributed by atoms with Crippen LogP contribution in [-0.4, -0.2) is 0 Å². The largest absolute Gasteiger partial charge is 0.207 e. The van der Waals surface area contributed by atoms with E-state index >= 15 is 0 Å². The number of halogens is 1. The van der Waals surface area contributed by atoms with Crippen LogP contribution in [0.3, 0.4) is 0 Å². The first-order valence-corrected chi connectivity index (χ1v) is 7.04. The number of aryl methyl sites for hydroxylation is 3. The summed E-state index contributed by atoms with van der Waals surface area (Å²) < 4.78 is 13.7. The maximum atomic E-state index is 13.7. The Balaban J connectivity index is 2.49. The van der Waals surface area contributed by atoms with Crippen LogP contribution in [0.25, 0.3) is 11.1 Å². The standard InChI is InChI=1S/C18H21F/c1-4-6-16-12-15(9-10-18(16)19)17-11-14(5-2)8-7-13(17)3/h7-12H,4-6H2,1-3H3. The van der Waals surface area contributed by atoms with Gasteiger partial charge in [-0.3, -0.25) is 0 Å². The maximum Gasteiger partial charge on any atom is 0.126 e. The summed E-state index contributed by atoms with van der Waals surface area (Å²) >= 11 is 0. The Morgan fingerprint density at radius 3 is 2.47 bits per heavy atom. The summed E-state index contributed by atoms with van der Waals surface area (Å²) in [6.07, 6.45) is 2.79. The van der Waals surface area contributed by atoms with E-state index in [0.717, 1.165) is 30.4 Å². The van der Waals surface area contributed by atoms with Crippen molar-refractivity contribution in [1.29, 1.82) is 0 Å². The lowest BCUT2D eigenvalue weighted by molar-refractivity contribution is 0.607. The Bertz CT molecular complexity index is 570. The minimum atomic E-state index is -0.0881. The van der Waals surface area contributed by atoms with E-state index in [0.29, 0.717) is 0 Å². The lowest BCUT2D eigenvalue weighted by atomic mass is 9.95. The Kier molecular flexibility index (Phi) is 4.36. The Hall–Kier alpha value is -1.63. The molecule has 0 aliphatic carbocycles. The van der Waals surface area contributed by atoms with Gasteiger partial charge >= 0.3 is 0 Å². The fourth-order valence-electron chi connectivity index (χ4n) is 2.40. The van der Waals surface area contributed by atoms with Gasteiger partial charge in [0, 0.05) is 0 Å². The smallest absolute Gasteiger partial charge is 0.126 e. The molecule has 0 radical (unpaired) electrons. The van der Waals surface area contributed by atoms with Gasteiger partial charge in [-0.2, -0.15) is 0 Å². The second-order valence-corrected chi connectivity index (χ2v) is 5.06. The average molecular weight is 256 g/mol. The quantitative estimate of drug-likeness (QED) is 0.695. The lowest BCUT2D eigenvalue weighted by Gasteiger charge is -2.10. The van der Waals surface area contributed by atoms with Gasteiger partial charge in [0.2, 0.25) is 0 Å². The first kappa shape index (κ1) is 13.8. The van der Waals surface area contributed by atoms with Gasteiger partial charge in [0.25, 0.3) is 0 Å². The van der Waals surface area contributed by atoms with E-state index in [1.807, 2.05) is 12.1 Å². The molecule has 0 aliphatic heterocycles. The van der Waals surface area contributed by atoms with Crippen molar-refractivity contribution >= 4 is 0 Å². The maximum absolute atomic E-state index is 13.7. The van der Waals surface area contributed by atoms with Crippen LogP contribution in [-0.2, 0) is 12.8 Å². The van der Waals surface area contributed by atoms with Crippen LogP contribution >= 0.6 is 0 Å². The summed E-state index contributed by atoms with van der Waals surface area (Å²) in [4.78, 5) is 0. The minimum absolute atomic E-state index is 0.0881. The molecule has 0 fully saturated rings. The molecule has 0 saturated carbocycles. The third-order valence-corrected chi connectivity index (χ3v) is 3.59. The van der Waals surface area contributed by atoms with Crippen molar-refractivity contribution in [2.45, 2.75) is 40.0 Å². The van der Waals surface area contributed by atoms with Crippen LogP contribution in [0.4, 0.5) is 4.39 Å². The molecular formula is C18H21F. The molecule has 19 heavy (non-hydrogen) atoms. The summed E-state index contributed by atoms with van der Waals surface area (Å²) in [5.41, 5.74) is 5.73. The van der Waals surface area contributed by atoms with Crippen molar-refractivity contribution in [3.8, 4) is 11.1 Å². The van der Waals surface area contributed by atoms with E-state index in [4.69, 9.17) is 0 Å². The van der Waals surface area contributed by atoms with Crippen molar-refractivity contribution in [2.24, 2.45) is 0 Å². The van der Waals surface area contributed by atoms with Gasteiger partial charge in [0.05, 0.1) is 0 Å². The zero-order valence-electron chi connectivity index (χ0n) is 12.0. The van der Waals surface area contributed by atoms with E-state index in [1.165, 1.54) is 16.7 Å². The molecule has 0 unspecified atom stereocenters. The second kappa shape index (κ2) is 6.01. The third kappa shape index (κ3) is 3.04. The molecule has 0 aliphatic rings. The molecule has 2 aromatic rings. The summed E-state index contributed by atoms with van der Waals surface area (Å²) in [5, 5.41) is 0. The number of hydrogen-bond acceptors (Lipinski definition) is 0. The molecule has 2 aromatic carbocycles. The molecule has 0 nitrogen and oxygen atoms in total. The molecule has 100 valence electrons. The highest BCUT2D eigenvalue weighted by atomic mass is 19.1. The summed E-state index contributed by atoms with van der Waals surface area (Å²) in [6, 6.07) is 12.0. The van der Waals surface area contributed by atoms with Gasteiger partial charge in [-0.15, -0.1) is 0 Å². The number of benzene rings is 2. The van der Waals surface area contributed by atoms with Gasteiger partial charge in [0.15, 0.2) is 0 Å². The molecular weight excluding hydrogens is 235 g/mol. The van der Waals surface area contributed by atoms with Gasteiger partial charge < -0.3 is 0 Å². The third-order valence-electron chi connectivity index (χ3n) is 3.59. The highest BCUT2D eigenvalue weighted by Gasteiger charge is 2.07. The van der Waals surface area contributed by atoms with Crippen molar-refractivity contribution in [1.82, 2.24) is 0 Å². The molecule has 0 atom stereocenters. The second-order valence-electron chi connectivity index (χ2n) is 5.06. The molecule has 0 heterocycles. The number of hydrogen-bond donors (Lipinski definition) is 0. The van der Waals surface area contributed by atoms with E-state index < -0.39 is 0 Å². The zero-order valence-corrected chi connectivity index (χ0v) is 12.0. The van der Waals surface area contributed by atoms with E-state index in [2.05, 4.69) is 39.0 Å². The van der Waals surface area contributed by atoms with Gasteiger partial charge in [-0.1, -0.05) is 44.5 Å². The zero-order chi connectivity index (χ0) is 13.8. The van der Waals surface area contributed by atoms with E-state index in [9.17, 15) is 4.39 Å². The number of rotatable bonds is 4. The van der Waals surface area contributed by atoms with Crippen LogP contribution in [0.15, 0.2) is 36.4 Å². The van der Waals surface area contributed by atoms with Crippen LogP contribution < -0.4 is 0 Å². The first-order chi connectivity index (χ1) is 9.15. The molecule has 0 bridgehead atoms. The van der Waals surface area contributed by atoms with Crippen molar-refractivity contribution < 1.29 is 4.39 Å². The van der Waals surface area contributed by atoms with Gasteiger partial charge in [0.1, 0.15) is 5.82 Å². The van der Waals surface area contributed by atoms with E-state index in [-0.39, 0.29) is 5.82 Å². The predicted molar refractivity (Wildman–Crippen MR) is 79.9 cm³/mol. The Morgan fingerprint density at radius 1 is 1.00 bits per heavy atom. The average Bonchev–Trinajstić information content (AvgIpc) is 2.42. The monoisotopic (exact) mass is 256 g/mol. The molecule has 0 saturated heterocycles. The van der Waals surface area contributed by atoms with E-state index in [1.54, 1.807) is 6.07 Å². The van der Waals surface area contributed by atoms with Gasteiger partial charge in [-0.25, -0.2) is 4.39 Å². The topological polar surface area (TPSA) is 0 Å². The fraction of sp³-hybridized carbons (Fsp3) is 0.333. The van der Waals surface area contributed by atoms with Crippen LogP contribution in [0.2, 0.25) is 0 Å². The van der Waals surface area contributed by atoms with Crippen LogP contribution in [0.5, 0.6) is 0 Å². The minimum Gasteiger partial charge on any atom is -0.207 e. The molecule has 1 heteroatoms. The Morgan fingerprint density at radius 2 is 1.79 bits per heavy atom. The lowest BCUT2D eigenvalue weighted by Crippen LogP contribution is -1.93. The van der Waals surface area contributed by atoms with Crippen LogP contribution in [0.1, 0.15) is 37.0 Å². The normalized spacial score (nSPS) is 10.7.